The van der Waals surface area contributed by atoms with Crippen LogP contribution in [0.3, 0.4) is 0 Å². The maximum Gasteiger partial charge on any atom is 0.233 e. The summed E-state index contributed by atoms with van der Waals surface area (Å²) in [5, 5.41) is 9.40. The number of likely N-dealkylation sites (tertiary alicyclic amines) is 1. The first-order valence-electron chi connectivity index (χ1n) is 9.86. The summed E-state index contributed by atoms with van der Waals surface area (Å²) in [7, 11) is 0. The molecular formula is C21H25N3O4. The first kappa shape index (κ1) is 18.5. The molecule has 2 fully saturated rings. The second kappa shape index (κ2) is 7.66. The number of amides is 3. The highest BCUT2D eigenvalue weighted by Crippen LogP contribution is 2.35. The van der Waals surface area contributed by atoms with E-state index in [1.807, 2.05) is 24.3 Å². The predicted molar refractivity (Wildman–Crippen MR) is 104 cm³/mol. The Kier molecular flexibility index (Phi) is 5.07. The average molecular weight is 383 g/mol. The van der Waals surface area contributed by atoms with E-state index in [0.29, 0.717) is 39.0 Å². The Morgan fingerprint density at radius 2 is 1.50 bits per heavy atom. The van der Waals surface area contributed by atoms with Crippen LogP contribution in [0, 0.1) is 11.8 Å². The third-order valence-electron chi connectivity index (χ3n) is 6.00. The van der Waals surface area contributed by atoms with Crippen molar-refractivity contribution < 1.29 is 19.5 Å². The smallest absolute Gasteiger partial charge is 0.233 e. The van der Waals surface area contributed by atoms with E-state index >= 15 is 0 Å². The summed E-state index contributed by atoms with van der Waals surface area (Å²) in [6.07, 6.45) is 5.37. The summed E-state index contributed by atoms with van der Waals surface area (Å²) in [4.78, 5) is 42.8. The van der Waals surface area contributed by atoms with Gasteiger partial charge < -0.3 is 14.9 Å². The van der Waals surface area contributed by atoms with Crippen LogP contribution in [0.1, 0.15) is 19.3 Å². The molecule has 0 radical (unpaired) electrons. The lowest BCUT2D eigenvalue weighted by Crippen LogP contribution is -2.49. The van der Waals surface area contributed by atoms with Crippen molar-refractivity contribution in [1.82, 2.24) is 9.80 Å². The SMILES string of the molecule is O=C(CCN1C(=O)[C@H]2CC=CC[C@H]2C1=O)N1CCN(c2ccc(O)cc2)CC1. The molecule has 7 heteroatoms. The lowest BCUT2D eigenvalue weighted by Gasteiger charge is -2.36. The Labute approximate surface area is 164 Å². The van der Waals surface area contributed by atoms with Crippen LogP contribution in [0.25, 0.3) is 0 Å². The zero-order valence-corrected chi connectivity index (χ0v) is 15.8. The van der Waals surface area contributed by atoms with E-state index < -0.39 is 0 Å². The first-order valence-corrected chi connectivity index (χ1v) is 9.86. The van der Waals surface area contributed by atoms with Gasteiger partial charge in [0.25, 0.3) is 0 Å². The molecule has 2 atom stereocenters. The molecule has 2 aliphatic heterocycles. The zero-order valence-electron chi connectivity index (χ0n) is 15.8. The molecule has 7 nitrogen and oxygen atoms in total. The number of aromatic hydroxyl groups is 1. The summed E-state index contributed by atoms with van der Waals surface area (Å²) >= 11 is 0. The molecule has 1 N–H and O–H groups in total. The van der Waals surface area contributed by atoms with Gasteiger partial charge in [-0.25, -0.2) is 0 Å². The van der Waals surface area contributed by atoms with Gasteiger partial charge in [0.05, 0.1) is 11.8 Å². The number of rotatable bonds is 4. The van der Waals surface area contributed by atoms with E-state index in [2.05, 4.69) is 4.90 Å². The number of benzene rings is 1. The fourth-order valence-corrected chi connectivity index (χ4v) is 4.33. The number of hydrogen-bond donors (Lipinski definition) is 1. The Balaban J connectivity index is 1.28. The van der Waals surface area contributed by atoms with Crippen LogP contribution in [0.15, 0.2) is 36.4 Å². The Bertz CT molecular complexity index is 770. The van der Waals surface area contributed by atoms with Gasteiger partial charge in [-0.05, 0) is 37.1 Å². The highest BCUT2D eigenvalue weighted by Gasteiger charge is 2.47. The number of phenolic OH excluding ortho intramolecular Hbond substituents is 1. The van der Waals surface area contributed by atoms with Gasteiger partial charge in [-0.1, -0.05) is 12.2 Å². The first-order chi connectivity index (χ1) is 13.5. The van der Waals surface area contributed by atoms with Gasteiger partial charge in [-0.2, -0.15) is 0 Å². The second-order valence-electron chi connectivity index (χ2n) is 7.62. The molecule has 3 aliphatic rings. The topological polar surface area (TPSA) is 81.2 Å². The molecule has 1 aromatic rings. The minimum atomic E-state index is -0.235. The van der Waals surface area contributed by atoms with Crippen LogP contribution in [0.5, 0.6) is 5.75 Å². The third-order valence-corrected chi connectivity index (χ3v) is 6.00. The van der Waals surface area contributed by atoms with Crippen molar-refractivity contribution in [2.45, 2.75) is 19.3 Å². The molecule has 1 aromatic carbocycles. The van der Waals surface area contributed by atoms with Gasteiger partial charge in [0, 0.05) is 44.8 Å². The molecule has 2 saturated heterocycles. The van der Waals surface area contributed by atoms with Gasteiger partial charge in [-0.15, -0.1) is 0 Å². The molecule has 1 aliphatic carbocycles. The normalized spacial score (nSPS) is 24.6. The summed E-state index contributed by atoms with van der Waals surface area (Å²) in [5.41, 5.74) is 1.02. The third kappa shape index (κ3) is 3.48. The number of allylic oxidation sites excluding steroid dienone is 2. The number of carbonyl (C=O) groups is 3. The van der Waals surface area contributed by atoms with E-state index in [0.717, 1.165) is 5.69 Å². The van der Waals surface area contributed by atoms with Gasteiger partial charge in [-0.3, -0.25) is 19.3 Å². The van der Waals surface area contributed by atoms with Crippen molar-refractivity contribution in [2.24, 2.45) is 11.8 Å². The van der Waals surface area contributed by atoms with Crippen LogP contribution in [-0.2, 0) is 14.4 Å². The van der Waals surface area contributed by atoms with E-state index in [-0.39, 0.29) is 48.3 Å². The Hall–Kier alpha value is -2.83. The number of anilines is 1. The van der Waals surface area contributed by atoms with Crippen molar-refractivity contribution in [3.05, 3.63) is 36.4 Å². The van der Waals surface area contributed by atoms with Crippen LogP contribution in [-0.4, -0.2) is 65.4 Å². The number of carbonyl (C=O) groups excluding carboxylic acids is 3. The standard InChI is InChI=1S/C21H25N3O4/c25-16-7-5-15(6-8-16)22-11-13-23(14-12-22)19(26)9-10-24-20(27)17-3-1-2-4-18(17)21(24)28/h1-2,5-8,17-18,25H,3-4,9-14H2/t17-,18+. The number of piperazine rings is 1. The molecule has 2 heterocycles. The molecule has 0 saturated carbocycles. The van der Waals surface area contributed by atoms with Gasteiger partial charge in [0.1, 0.15) is 5.75 Å². The summed E-state index contributed by atoms with van der Waals surface area (Å²) in [5.74, 6) is -0.491. The molecular weight excluding hydrogens is 358 g/mol. The largest absolute Gasteiger partial charge is 0.508 e. The number of hydrogen-bond acceptors (Lipinski definition) is 5. The maximum atomic E-state index is 12.6. The van der Waals surface area contributed by atoms with E-state index in [4.69, 9.17) is 0 Å². The summed E-state index contributed by atoms with van der Waals surface area (Å²) in [6.45, 7) is 2.83. The Morgan fingerprint density at radius 3 is 2.07 bits per heavy atom. The molecule has 148 valence electrons. The van der Waals surface area contributed by atoms with E-state index in [1.54, 1.807) is 17.0 Å². The van der Waals surface area contributed by atoms with Gasteiger partial charge >= 0.3 is 0 Å². The van der Waals surface area contributed by atoms with Crippen molar-refractivity contribution in [3.8, 4) is 5.75 Å². The highest BCUT2D eigenvalue weighted by atomic mass is 16.3. The fraction of sp³-hybridized carbons (Fsp3) is 0.476. The molecule has 0 aromatic heterocycles. The Morgan fingerprint density at radius 1 is 0.929 bits per heavy atom. The summed E-state index contributed by atoms with van der Waals surface area (Å²) in [6, 6.07) is 7.05. The minimum Gasteiger partial charge on any atom is -0.508 e. The lowest BCUT2D eigenvalue weighted by molar-refractivity contribution is -0.140. The van der Waals surface area contributed by atoms with Crippen LogP contribution >= 0.6 is 0 Å². The average Bonchev–Trinajstić information content (AvgIpc) is 2.97. The number of phenols is 1. The fourth-order valence-electron chi connectivity index (χ4n) is 4.33. The summed E-state index contributed by atoms with van der Waals surface area (Å²) < 4.78 is 0. The van der Waals surface area contributed by atoms with Crippen LogP contribution in [0.2, 0.25) is 0 Å². The van der Waals surface area contributed by atoms with Gasteiger partial charge in [0.2, 0.25) is 17.7 Å². The monoisotopic (exact) mass is 383 g/mol. The minimum absolute atomic E-state index is 0.0149. The van der Waals surface area contributed by atoms with E-state index in [1.165, 1.54) is 4.90 Å². The molecule has 0 spiro atoms. The quantitative estimate of drug-likeness (QED) is 0.628. The predicted octanol–water partition coefficient (Wildman–Crippen LogP) is 1.38. The molecule has 4 rings (SSSR count). The zero-order chi connectivity index (χ0) is 19.7. The van der Waals surface area contributed by atoms with Crippen LogP contribution < -0.4 is 4.90 Å². The molecule has 0 bridgehead atoms. The molecule has 28 heavy (non-hydrogen) atoms. The van der Waals surface area contributed by atoms with E-state index in [9.17, 15) is 19.5 Å². The molecule has 0 unspecified atom stereocenters. The van der Waals surface area contributed by atoms with Gasteiger partial charge in [0.15, 0.2) is 0 Å². The van der Waals surface area contributed by atoms with Crippen molar-refractivity contribution in [1.29, 1.82) is 0 Å². The number of nitrogens with zero attached hydrogens (tertiary/aromatic N) is 3. The highest BCUT2D eigenvalue weighted by molar-refractivity contribution is 6.05. The van der Waals surface area contributed by atoms with Crippen LogP contribution in [0.4, 0.5) is 5.69 Å². The van der Waals surface area contributed by atoms with Crippen molar-refractivity contribution >= 4 is 23.4 Å². The lowest BCUT2D eigenvalue weighted by atomic mass is 9.85. The number of fused-ring (bicyclic) bond motifs is 1. The van der Waals surface area contributed by atoms with Crippen molar-refractivity contribution in [2.75, 3.05) is 37.6 Å². The second-order valence-corrected chi connectivity index (χ2v) is 7.62. The number of imide groups is 1. The molecule has 3 amide bonds. The van der Waals surface area contributed by atoms with Crippen molar-refractivity contribution in [3.63, 3.8) is 0 Å². The maximum absolute atomic E-state index is 12.6.